The first-order valence-electron chi connectivity index (χ1n) is 9.21. The second kappa shape index (κ2) is 6.18. The Morgan fingerprint density at radius 1 is 1.00 bits per heavy atom. The third-order valence-corrected chi connectivity index (χ3v) is 5.97. The summed E-state index contributed by atoms with van der Waals surface area (Å²) in [5, 5.41) is 3.51. The molecule has 0 atom stereocenters. The van der Waals surface area contributed by atoms with Crippen LogP contribution in [-0.2, 0) is 0 Å². The van der Waals surface area contributed by atoms with Crippen LogP contribution in [0.2, 0.25) is 0 Å². The van der Waals surface area contributed by atoms with E-state index in [4.69, 9.17) is 0 Å². The lowest BCUT2D eigenvalue weighted by Gasteiger charge is -2.57. The molecule has 4 rings (SSSR count). The molecule has 4 fully saturated rings. The molecule has 4 aliphatic rings. The van der Waals surface area contributed by atoms with Gasteiger partial charge in [-0.25, -0.2) is 4.79 Å². The van der Waals surface area contributed by atoms with Gasteiger partial charge < -0.3 is 10.2 Å². The van der Waals surface area contributed by atoms with Gasteiger partial charge in [-0.2, -0.15) is 0 Å². The number of nitrogens with one attached hydrogen (secondary N) is 1. The maximum Gasteiger partial charge on any atom is 0.317 e. The topological polar surface area (TPSA) is 32.3 Å². The second-order valence-corrected chi connectivity index (χ2v) is 7.97. The number of nitrogens with zero attached hydrogens (tertiary/aromatic N) is 1. The van der Waals surface area contributed by atoms with Crippen molar-refractivity contribution in [1.82, 2.24) is 10.2 Å². The highest BCUT2D eigenvalue weighted by Gasteiger charge is 2.51. The van der Waals surface area contributed by atoms with E-state index in [2.05, 4.69) is 24.1 Å². The van der Waals surface area contributed by atoms with Gasteiger partial charge in [0.25, 0.3) is 0 Å². The van der Waals surface area contributed by atoms with Crippen LogP contribution in [-0.4, -0.2) is 29.6 Å². The molecule has 2 amide bonds. The predicted octanol–water partition coefficient (Wildman–Crippen LogP) is 4.18. The van der Waals surface area contributed by atoms with Gasteiger partial charge in [-0.05, 0) is 69.1 Å². The van der Waals surface area contributed by atoms with E-state index in [0.717, 1.165) is 50.1 Å². The molecule has 3 nitrogen and oxygen atoms in total. The van der Waals surface area contributed by atoms with Crippen LogP contribution < -0.4 is 5.32 Å². The summed E-state index contributed by atoms with van der Waals surface area (Å²) in [5.74, 6) is 2.69. The summed E-state index contributed by atoms with van der Waals surface area (Å²) in [6.07, 6.45) is 11.4. The van der Waals surface area contributed by atoms with E-state index in [1.54, 1.807) is 0 Å². The van der Waals surface area contributed by atoms with E-state index in [1.165, 1.54) is 38.5 Å². The predicted molar refractivity (Wildman–Crippen MR) is 86.2 cm³/mol. The summed E-state index contributed by atoms with van der Waals surface area (Å²) in [7, 11) is 0. The fourth-order valence-corrected chi connectivity index (χ4v) is 5.50. The van der Waals surface area contributed by atoms with Crippen molar-refractivity contribution in [2.45, 2.75) is 77.2 Å². The summed E-state index contributed by atoms with van der Waals surface area (Å²) in [6.45, 7) is 6.18. The number of unbranched alkanes of at least 4 members (excludes halogenated alkanes) is 1. The largest absolute Gasteiger partial charge is 0.333 e. The first kappa shape index (κ1) is 15.2. The minimum atomic E-state index is 0.157. The summed E-state index contributed by atoms with van der Waals surface area (Å²) >= 11 is 0. The first-order chi connectivity index (χ1) is 10.1. The fraction of sp³-hybridized carbons (Fsp3) is 0.944. The lowest BCUT2D eigenvalue weighted by molar-refractivity contribution is -0.0156. The molecule has 0 aromatic heterocycles. The maximum absolute atomic E-state index is 12.7. The summed E-state index contributed by atoms with van der Waals surface area (Å²) in [4.78, 5) is 14.8. The van der Waals surface area contributed by atoms with Gasteiger partial charge in [-0.3, -0.25) is 0 Å². The molecule has 21 heavy (non-hydrogen) atoms. The van der Waals surface area contributed by atoms with Crippen molar-refractivity contribution in [3.05, 3.63) is 0 Å². The second-order valence-electron chi connectivity index (χ2n) is 7.97. The van der Waals surface area contributed by atoms with E-state index in [-0.39, 0.29) is 11.6 Å². The van der Waals surface area contributed by atoms with Gasteiger partial charge in [-0.15, -0.1) is 0 Å². The number of amides is 2. The molecule has 4 saturated carbocycles. The fourth-order valence-electron chi connectivity index (χ4n) is 5.50. The average Bonchev–Trinajstić information content (AvgIpc) is 2.41. The molecule has 0 saturated heterocycles. The summed E-state index contributed by atoms with van der Waals surface area (Å²) in [5.41, 5.74) is 0.157. The molecular weight excluding hydrogens is 260 g/mol. The van der Waals surface area contributed by atoms with Gasteiger partial charge >= 0.3 is 6.03 Å². The molecular formula is C18H32N2O. The Morgan fingerprint density at radius 3 is 2.05 bits per heavy atom. The monoisotopic (exact) mass is 292 g/mol. The number of carbonyl (C=O) groups excluding carboxylic acids is 1. The van der Waals surface area contributed by atoms with E-state index in [0.29, 0.717) is 0 Å². The van der Waals surface area contributed by atoms with Crippen molar-refractivity contribution < 1.29 is 4.79 Å². The molecule has 1 N–H and O–H groups in total. The zero-order chi connectivity index (χ0) is 14.9. The van der Waals surface area contributed by atoms with Crippen molar-refractivity contribution >= 4 is 6.03 Å². The summed E-state index contributed by atoms with van der Waals surface area (Å²) in [6, 6.07) is 0.215. The van der Waals surface area contributed by atoms with Crippen molar-refractivity contribution in [1.29, 1.82) is 0 Å². The number of urea groups is 1. The maximum atomic E-state index is 12.7. The Morgan fingerprint density at radius 2 is 1.57 bits per heavy atom. The molecule has 0 aromatic rings. The standard InChI is InChI=1S/C18H32N2O/c1-3-5-7-20(6-4-2)17(21)19-18-11-14-8-15(12-18)10-16(9-14)13-18/h14-16H,3-13H2,1-2H3,(H,19,21). The van der Waals surface area contributed by atoms with Gasteiger partial charge in [-0.1, -0.05) is 20.3 Å². The van der Waals surface area contributed by atoms with E-state index < -0.39 is 0 Å². The zero-order valence-corrected chi connectivity index (χ0v) is 13.9. The van der Waals surface area contributed by atoms with Crippen LogP contribution >= 0.6 is 0 Å². The normalized spacial score (nSPS) is 36.8. The van der Waals surface area contributed by atoms with E-state index in [9.17, 15) is 4.79 Å². The van der Waals surface area contributed by atoms with Gasteiger partial charge in [0.05, 0.1) is 0 Å². The molecule has 0 radical (unpaired) electrons. The van der Waals surface area contributed by atoms with Crippen LogP contribution in [0, 0.1) is 17.8 Å². The number of carbonyl (C=O) groups is 1. The Labute approximate surface area is 129 Å². The molecule has 0 unspecified atom stereocenters. The van der Waals surface area contributed by atoms with Crippen molar-refractivity contribution in [2.75, 3.05) is 13.1 Å². The van der Waals surface area contributed by atoms with Crippen molar-refractivity contribution in [3.8, 4) is 0 Å². The Kier molecular flexibility index (Phi) is 4.46. The third-order valence-electron chi connectivity index (χ3n) is 5.97. The van der Waals surface area contributed by atoms with Crippen molar-refractivity contribution in [2.24, 2.45) is 17.8 Å². The van der Waals surface area contributed by atoms with Crippen LogP contribution in [0.25, 0.3) is 0 Å². The number of hydrogen-bond acceptors (Lipinski definition) is 1. The Hall–Kier alpha value is -0.730. The minimum Gasteiger partial charge on any atom is -0.333 e. The summed E-state index contributed by atoms with van der Waals surface area (Å²) < 4.78 is 0. The molecule has 3 heteroatoms. The highest BCUT2D eigenvalue weighted by atomic mass is 16.2. The van der Waals surface area contributed by atoms with Crippen LogP contribution in [0.3, 0.4) is 0 Å². The van der Waals surface area contributed by atoms with Crippen LogP contribution in [0.4, 0.5) is 4.79 Å². The third kappa shape index (κ3) is 3.22. The zero-order valence-electron chi connectivity index (χ0n) is 13.9. The van der Waals surface area contributed by atoms with Gasteiger partial charge in [0.1, 0.15) is 0 Å². The van der Waals surface area contributed by atoms with Gasteiger partial charge in [0, 0.05) is 18.6 Å². The quantitative estimate of drug-likeness (QED) is 0.782. The molecule has 0 heterocycles. The Bertz CT molecular complexity index is 344. The molecule has 4 bridgehead atoms. The molecule has 4 aliphatic carbocycles. The molecule has 0 aromatic carbocycles. The van der Waals surface area contributed by atoms with Crippen LogP contribution in [0.15, 0.2) is 0 Å². The lowest BCUT2D eigenvalue weighted by Crippen LogP contribution is -2.62. The Balaban J connectivity index is 1.63. The van der Waals surface area contributed by atoms with Gasteiger partial charge in [0.15, 0.2) is 0 Å². The lowest BCUT2D eigenvalue weighted by atomic mass is 9.53. The average molecular weight is 292 g/mol. The molecule has 0 aliphatic heterocycles. The van der Waals surface area contributed by atoms with Crippen molar-refractivity contribution in [3.63, 3.8) is 0 Å². The van der Waals surface area contributed by atoms with Gasteiger partial charge in [0.2, 0.25) is 0 Å². The highest BCUT2D eigenvalue weighted by Crippen LogP contribution is 2.55. The number of rotatable bonds is 6. The van der Waals surface area contributed by atoms with E-state index >= 15 is 0 Å². The number of hydrogen-bond donors (Lipinski definition) is 1. The molecule has 120 valence electrons. The van der Waals surface area contributed by atoms with E-state index in [1.807, 2.05) is 0 Å². The SMILES string of the molecule is CCCCN(CCC)C(=O)NC12CC3CC(CC(C3)C1)C2. The smallest absolute Gasteiger partial charge is 0.317 e. The highest BCUT2D eigenvalue weighted by molar-refractivity contribution is 5.75. The van der Waals surface area contributed by atoms with Crippen LogP contribution in [0.5, 0.6) is 0 Å². The minimum absolute atomic E-state index is 0.157. The van der Waals surface area contributed by atoms with Crippen LogP contribution in [0.1, 0.15) is 71.6 Å². The molecule has 0 spiro atoms. The first-order valence-corrected chi connectivity index (χ1v) is 9.21.